The summed E-state index contributed by atoms with van der Waals surface area (Å²) in [5, 5.41) is 0. The number of rotatable bonds is 14. The van der Waals surface area contributed by atoms with Gasteiger partial charge in [0.1, 0.15) is 0 Å². The Bertz CT molecular complexity index is 581. The molecule has 0 fully saturated rings. The molecule has 0 spiro atoms. The molecule has 0 unspecified atom stereocenters. The lowest BCUT2D eigenvalue weighted by atomic mass is 10.4. The zero-order valence-electron chi connectivity index (χ0n) is 21.4. The van der Waals surface area contributed by atoms with Gasteiger partial charge in [-0.3, -0.25) is 0 Å². The van der Waals surface area contributed by atoms with E-state index in [0.29, 0.717) is 0 Å². The minimum absolute atomic E-state index is 0.768. The summed E-state index contributed by atoms with van der Waals surface area (Å²) in [6.07, 6.45) is 11.7. The van der Waals surface area contributed by atoms with Crippen molar-refractivity contribution in [1.29, 1.82) is 0 Å². The highest BCUT2D eigenvalue weighted by Gasteiger charge is 2.40. The second kappa shape index (κ2) is 12.0. The fraction of sp³-hybridized carbons (Fsp3) is 0.818. The van der Waals surface area contributed by atoms with Gasteiger partial charge in [0.05, 0.1) is 11.5 Å². The summed E-state index contributed by atoms with van der Waals surface area (Å²) in [6, 6.07) is 4.67. The van der Waals surface area contributed by atoms with Crippen LogP contribution in [0.25, 0.3) is 0 Å². The molecule has 0 aromatic carbocycles. The van der Waals surface area contributed by atoms with Crippen molar-refractivity contribution >= 4 is 43.3 Å². The summed E-state index contributed by atoms with van der Waals surface area (Å²) in [4.78, 5) is 0. The Labute approximate surface area is 198 Å². The molecule has 2 aliphatic carbocycles. The topological polar surface area (TPSA) is 36.9 Å². The molecular weight excluding hydrogens is 469 g/mol. The van der Waals surface area contributed by atoms with Gasteiger partial charge in [0.25, 0.3) is 18.1 Å². The SMILES string of the molecule is C[Si](CC[Si](C)(C)O[Si](C)(C)O[Si](C)(C)CC[Si](C)OC1=CCCC1)OC1=CCCC1. The Balaban J connectivity index is 1.75. The Morgan fingerprint density at radius 3 is 1.42 bits per heavy atom. The van der Waals surface area contributed by atoms with Crippen molar-refractivity contribution in [2.45, 2.75) is 115 Å². The van der Waals surface area contributed by atoms with Crippen LogP contribution in [-0.2, 0) is 17.1 Å². The second-order valence-corrected chi connectivity index (χ2v) is 27.5. The highest BCUT2D eigenvalue weighted by Crippen LogP contribution is 2.29. The predicted molar refractivity (Wildman–Crippen MR) is 143 cm³/mol. The molecule has 4 nitrogen and oxygen atoms in total. The Hall–Kier alpha value is 0.0844. The maximum Gasteiger partial charge on any atom is 0.311 e. The van der Waals surface area contributed by atoms with E-state index in [-0.39, 0.29) is 0 Å². The quantitative estimate of drug-likeness (QED) is 0.224. The van der Waals surface area contributed by atoms with Crippen molar-refractivity contribution in [2.24, 2.45) is 0 Å². The second-order valence-electron chi connectivity index (χ2n) is 10.9. The van der Waals surface area contributed by atoms with Crippen molar-refractivity contribution < 1.29 is 17.1 Å². The zero-order valence-corrected chi connectivity index (χ0v) is 26.4. The zero-order chi connectivity index (χ0) is 23.1. The van der Waals surface area contributed by atoms with Crippen molar-refractivity contribution in [1.82, 2.24) is 0 Å². The number of hydrogen-bond acceptors (Lipinski definition) is 4. The third-order valence-electron chi connectivity index (χ3n) is 5.81. The van der Waals surface area contributed by atoms with E-state index in [0.717, 1.165) is 24.9 Å². The minimum Gasteiger partial charge on any atom is -0.546 e. The van der Waals surface area contributed by atoms with Crippen LogP contribution in [0.5, 0.6) is 0 Å². The van der Waals surface area contributed by atoms with E-state index in [4.69, 9.17) is 17.1 Å². The summed E-state index contributed by atoms with van der Waals surface area (Å²) in [5.41, 5.74) is 0. The van der Waals surface area contributed by atoms with Gasteiger partial charge in [-0.1, -0.05) is 0 Å². The average Bonchev–Trinajstić information content (AvgIpc) is 3.31. The lowest BCUT2D eigenvalue weighted by Crippen LogP contribution is -2.52. The van der Waals surface area contributed by atoms with Crippen molar-refractivity contribution in [3.63, 3.8) is 0 Å². The summed E-state index contributed by atoms with van der Waals surface area (Å²) in [6.45, 7) is 18.6. The molecule has 0 atom stereocenters. The highest BCUT2D eigenvalue weighted by atomic mass is 28.5. The molecule has 0 heterocycles. The maximum atomic E-state index is 6.80. The molecule has 0 bridgehead atoms. The molecular formula is C22H46O4Si5. The Morgan fingerprint density at radius 1 is 0.710 bits per heavy atom. The van der Waals surface area contributed by atoms with Crippen molar-refractivity contribution in [3.8, 4) is 0 Å². The fourth-order valence-corrected chi connectivity index (χ4v) is 25.5. The van der Waals surface area contributed by atoms with Gasteiger partial charge < -0.3 is 17.1 Å². The standard InChI is InChI=1S/C22H46O4Si5/c1-27(23-21-13-9-10-14-21)17-19-29(3,4)25-31(7,8)26-30(5,6)20-18-28(2)24-22-15-11-12-16-22/h13,15H,9-12,14,16-20H2,1-8H3. The lowest BCUT2D eigenvalue weighted by Gasteiger charge is -2.39. The van der Waals surface area contributed by atoms with Crippen LogP contribution in [0.3, 0.4) is 0 Å². The largest absolute Gasteiger partial charge is 0.546 e. The van der Waals surface area contributed by atoms with Crippen molar-refractivity contribution in [3.05, 3.63) is 23.7 Å². The van der Waals surface area contributed by atoms with Crippen LogP contribution < -0.4 is 0 Å². The van der Waals surface area contributed by atoms with Crippen LogP contribution in [0.15, 0.2) is 23.7 Å². The summed E-state index contributed by atoms with van der Waals surface area (Å²) in [5.74, 6) is 2.49. The number of allylic oxidation sites excluding steroid dienone is 4. The van der Waals surface area contributed by atoms with Crippen LogP contribution in [0.1, 0.15) is 38.5 Å². The van der Waals surface area contributed by atoms with Crippen LogP contribution in [0.2, 0.25) is 76.6 Å². The molecule has 0 saturated heterocycles. The minimum atomic E-state index is -2.15. The fourth-order valence-electron chi connectivity index (χ4n) is 4.43. The maximum absolute atomic E-state index is 6.80. The third-order valence-corrected chi connectivity index (χ3v) is 21.2. The Morgan fingerprint density at radius 2 is 1.10 bits per heavy atom. The van der Waals surface area contributed by atoms with Gasteiger partial charge in [-0.05, 0) is 114 Å². The van der Waals surface area contributed by atoms with Gasteiger partial charge in [0.15, 0.2) is 16.6 Å². The van der Waals surface area contributed by atoms with E-state index < -0.39 is 43.3 Å². The molecule has 0 aromatic rings. The molecule has 2 radical (unpaired) electrons. The molecule has 31 heavy (non-hydrogen) atoms. The van der Waals surface area contributed by atoms with Crippen LogP contribution in [0.4, 0.5) is 0 Å². The molecule has 2 rings (SSSR count). The summed E-state index contributed by atoms with van der Waals surface area (Å²) < 4.78 is 26.0. The predicted octanol–water partition coefficient (Wildman–Crippen LogP) is 7.54. The van der Waals surface area contributed by atoms with Gasteiger partial charge in [-0.15, -0.1) is 0 Å². The first-order valence-electron chi connectivity index (χ1n) is 12.1. The van der Waals surface area contributed by atoms with Crippen LogP contribution in [-0.4, -0.2) is 43.3 Å². The monoisotopic (exact) mass is 514 g/mol. The van der Waals surface area contributed by atoms with Gasteiger partial charge in [-0.25, -0.2) is 0 Å². The number of hydrogen-bond donors (Lipinski definition) is 0. The molecule has 9 heteroatoms. The third kappa shape index (κ3) is 11.2. The molecule has 0 amide bonds. The normalized spacial score (nSPS) is 18.0. The van der Waals surface area contributed by atoms with Crippen LogP contribution >= 0.6 is 0 Å². The average molecular weight is 515 g/mol. The van der Waals surface area contributed by atoms with Crippen LogP contribution in [0, 0.1) is 0 Å². The van der Waals surface area contributed by atoms with Gasteiger partial charge in [0, 0.05) is 12.8 Å². The van der Waals surface area contributed by atoms with Crippen molar-refractivity contribution in [2.75, 3.05) is 0 Å². The van der Waals surface area contributed by atoms with E-state index >= 15 is 0 Å². The first-order valence-corrected chi connectivity index (χ1v) is 25.4. The first-order chi connectivity index (χ1) is 14.4. The molecule has 0 saturated carbocycles. The molecule has 178 valence electrons. The van der Waals surface area contributed by atoms with E-state index in [1.54, 1.807) is 0 Å². The van der Waals surface area contributed by atoms with Gasteiger partial charge >= 0.3 is 8.56 Å². The molecule has 2 aliphatic rings. The van der Waals surface area contributed by atoms with E-state index in [1.165, 1.54) is 49.3 Å². The van der Waals surface area contributed by atoms with Gasteiger partial charge in [-0.2, -0.15) is 0 Å². The van der Waals surface area contributed by atoms with E-state index in [2.05, 4.69) is 64.5 Å². The Kier molecular flexibility index (Phi) is 10.6. The van der Waals surface area contributed by atoms with E-state index in [1.807, 2.05) is 0 Å². The van der Waals surface area contributed by atoms with Gasteiger partial charge in [0.2, 0.25) is 0 Å². The molecule has 0 N–H and O–H groups in total. The summed E-state index contributed by atoms with van der Waals surface area (Å²) >= 11 is 0. The molecule has 0 aliphatic heterocycles. The molecule has 0 aromatic heterocycles. The summed E-state index contributed by atoms with van der Waals surface area (Å²) in [7, 11) is -7.22. The van der Waals surface area contributed by atoms with E-state index in [9.17, 15) is 0 Å². The lowest BCUT2D eigenvalue weighted by molar-refractivity contribution is 0.386. The highest BCUT2D eigenvalue weighted by molar-refractivity contribution is 6.88. The smallest absolute Gasteiger partial charge is 0.311 e. The first kappa shape index (κ1) is 27.3.